The van der Waals surface area contributed by atoms with E-state index in [0.717, 1.165) is 14.3 Å². The molecular formula is C9H6INO. The summed E-state index contributed by atoms with van der Waals surface area (Å²) in [4.78, 5) is 3.92. The monoisotopic (exact) mass is 271 g/mol. The van der Waals surface area contributed by atoms with Crippen molar-refractivity contribution in [1.82, 2.24) is 4.98 Å². The maximum Gasteiger partial charge on any atom is 0.141 e. The van der Waals surface area contributed by atoms with E-state index in [-0.39, 0.29) is 5.75 Å². The van der Waals surface area contributed by atoms with E-state index < -0.39 is 0 Å². The lowest BCUT2D eigenvalue weighted by Gasteiger charge is -2.00. The Kier molecular flexibility index (Phi) is 1.88. The van der Waals surface area contributed by atoms with Gasteiger partial charge in [-0.05, 0) is 28.7 Å². The van der Waals surface area contributed by atoms with Crippen LogP contribution in [-0.4, -0.2) is 10.1 Å². The van der Waals surface area contributed by atoms with Gasteiger partial charge in [-0.15, -0.1) is 0 Å². The molecule has 3 heteroatoms. The summed E-state index contributed by atoms with van der Waals surface area (Å²) in [6, 6.07) is 5.79. The van der Waals surface area contributed by atoms with Crippen molar-refractivity contribution in [2.45, 2.75) is 0 Å². The molecule has 1 aromatic heterocycles. The van der Waals surface area contributed by atoms with Gasteiger partial charge in [-0.3, -0.25) is 4.98 Å². The van der Waals surface area contributed by atoms with Crippen molar-refractivity contribution in [3.8, 4) is 5.75 Å². The third-order valence-corrected chi connectivity index (χ3v) is 2.67. The number of pyridine rings is 1. The molecule has 0 atom stereocenters. The fourth-order valence-corrected chi connectivity index (χ4v) is 1.78. The lowest BCUT2D eigenvalue weighted by atomic mass is 10.2. The minimum atomic E-state index is 0.242. The van der Waals surface area contributed by atoms with Crippen LogP contribution < -0.4 is 0 Å². The van der Waals surface area contributed by atoms with Crippen LogP contribution >= 0.6 is 22.6 Å². The average molecular weight is 271 g/mol. The minimum Gasteiger partial charge on any atom is -0.506 e. The van der Waals surface area contributed by atoms with Crippen LogP contribution in [0.4, 0.5) is 0 Å². The standard InChI is InChI=1S/C9H6INO/c10-8-3-1-2-6-7(8)4-11-5-9(6)12/h1-5,12H. The van der Waals surface area contributed by atoms with Gasteiger partial charge in [0.25, 0.3) is 0 Å². The van der Waals surface area contributed by atoms with Crippen molar-refractivity contribution in [1.29, 1.82) is 0 Å². The maximum atomic E-state index is 9.43. The summed E-state index contributed by atoms with van der Waals surface area (Å²) in [5.41, 5.74) is 0. The predicted octanol–water partition coefficient (Wildman–Crippen LogP) is 2.55. The molecule has 2 nitrogen and oxygen atoms in total. The van der Waals surface area contributed by atoms with E-state index in [4.69, 9.17) is 0 Å². The van der Waals surface area contributed by atoms with Crippen LogP contribution in [0.3, 0.4) is 0 Å². The Morgan fingerprint density at radius 2 is 2.00 bits per heavy atom. The van der Waals surface area contributed by atoms with Crippen LogP contribution in [0, 0.1) is 3.57 Å². The second-order valence-corrected chi connectivity index (χ2v) is 3.66. The normalized spacial score (nSPS) is 10.4. The summed E-state index contributed by atoms with van der Waals surface area (Å²) < 4.78 is 1.11. The van der Waals surface area contributed by atoms with Gasteiger partial charge in [-0.25, -0.2) is 0 Å². The third-order valence-electron chi connectivity index (χ3n) is 1.73. The lowest BCUT2D eigenvalue weighted by molar-refractivity contribution is 0.479. The number of nitrogens with zero attached hydrogens (tertiary/aromatic N) is 1. The zero-order valence-corrected chi connectivity index (χ0v) is 8.32. The van der Waals surface area contributed by atoms with E-state index in [9.17, 15) is 5.11 Å². The molecule has 0 spiro atoms. The zero-order valence-electron chi connectivity index (χ0n) is 6.16. The fourth-order valence-electron chi connectivity index (χ4n) is 1.14. The molecule has 0 bridgehead atoms. The van der Waals surface area contributed by atoms with E-state index in [1.165, 1.54) is 6.20 Å². The van der Waals surface area contributed by atoms with Gasteiger partial charge in [0.05, 0.1) is 6.20 Å². The van der Waals surface area contributed by atoms with E-state index in [1.807, 2.05) is 18.2 Å². The number of rotatable bonds is 0. The third kappa shape index (κ3) is 1.14. The number of hydrogen-bond donors (Lipinski definition) is 1. The number of hydrogen-bond acceptors (Lipinski definition) is 2. The average Bonchev–Trinajstić information content (AvgIpc) is 2.07. The minimum absolute atomic E-state index is 0.242. The quantitative estimate of drug-likeness (QED) is 0.747. The van der Waals surface area contributed by atoms with Crippen LogP contribution in [0.25, 0.3) is 10.8 Å². The molecule has 1 heterocycles. The van der Waals surface area contributed by atoms with Crippen molar-refractivity contribution >= 4 is 33.4 Å². The molecular weight excluding hydrogens is 265 g/mol. The van der Waals surface area contributed by atoms with Crippen molar-refractivity contribution < 1.29 is 5.11 Å². The first-order valence-electron chi connectivity index (χ1n) is 3.50. The van der Waals surface area contributed by atoms with Gasteiger partial charge in [0.2, 0.25) is 0 Å². The Morgan fingerprint density at radius 3 is 2.75 bits per heavy atom. The number of halogens is 1. The molecule has 0 amide bonds. The van der Waals surface area contributed by atoms with Crippen LogP contribution in [0.15, 0.2) is 30.6 Å². The van der Waals surface area contributed by atoms with E-state index >= 15 is 0 Å². The maximum absolute atomic E-state index is 9.43. The second-order valence-electron chi connectivity index (χ2n) is 2.49. The first kappa shape index (κ1) is 7.79. The zero-order chi connectivity index (χ0) is 8.55. The number of aromatic nitrogens is 1. The van der Waals surface area contributed by atoms with Gasteiger partial charge in [0.1, 0.15) is 5.75 Å². The highest BCUT2D eigenvalue weighted by Crippen LogP contribution is 2.25. The topological polar surface area (TPSA) is 33.1 Å². The largest absolute Gasteiger partial charge is 0.506 e. The van der Waals surface area contributed by atoms with Crippen LogP contribution in [0.2, 0.25) is 0 Å². The number of aromatic hydroxyl groups is 1. The molecule has 12 heavy (non-hydrogen) atoms. The molecule has 1 aromatic carbocycles. The molecule has 0 radical (unpaired) electrons. The van der Waals surface area contributed by atoms with E-state index in [2.05, 4.69) is 27.6 Å². The van der Waals surface area contributed by atoms with Crippen LogP contribution in [0.5, 0.6) is 5.75 Å². The highest BCUT2D eigenvalue weighted by atomic mass is 127. The molecule has 0 fully saturated rings. The highest BCUT2D eigenvalue weighted by Gasteiger charge is 2.00. The molecule has 0 unspecified atom stereocenters. The smallest absolute Gasteiger partial charge is 0.141 e. The summed E-state index contributed by atoms with van der Waals surface area (Å²) in [6.45, 7) is 0. The Morgan fingerprint density at radius 1 is 1.17 bits per heavy atom. The van der Waals surface area contributed by atoms with Gasteiger partial charge in [0.15, 0.2) is 0 Å². The summed E-state index contributed by atoms with van der Waals surface area (Å²) in [7, 11) is 0. The molecule has 2 rings (SSSR count). The van der Waals surface area contributed by atoms with Gasteiger partial charge < -0.3 is 5.11 Å². The van der Waals surface area contributed by atoms with Crippen LogP contribution in [0.1, 0.15) is 0 Å². The number of fused-ring (bicyclic) bond motifs is 1. The SMILES string of the molecule is Oc1cncc2c(I)cccc12. The molecule has 0 aliphatic carbocycles. The summed E-state index contributed by atoms with van der Waals surface area (Å²) in [5.74, 6) is 0.242. The first-order chi connectivity index (χ1) is 5.79. The van der Waals surface area contributed by atoms with Gasteiger partial charge in [0, 0.05) is 20.5 Å². The highest BCUT2D eigenvalue weighted by molar-refractivity contribution is 14.1. The molecule has 0 saturated carbocycles. The Labute approximate surface area is 83.4 Å². The molecule has 60 valence electrons. The van der Waals surface area contributed by atoms with Gasteiger partial charge in [-0.1, -0.05) is 12.1 Å². The van der Waals surface area contributed by atoms with Gasteiger partial charge >= 0.3 is 0 Å². The molecule has 0 aliphatic heterocycles. The molecule has 2 aromatic rings. The predicted molar refractivity (Wildman–Crippen MR) is 56.1 cm³/mol. The second kappa shape index (κ2) is 2.90. The van der Waals surface area contributed by atoms with Crippen molar-refractivity contribution in [2.75, 3.05) is 0 Å². The summed E-state index contributed by atoms with van der Waals surface area (Å²) in [5, 5.41) is 11.3. The fraction of sp³-hybridized carbons (Fsp3) is 0. The summed E-state index contributed by atoms with van der Waals surface area (Å²) >= 11 is 2.22. The molecule has 0 aliphatic rings. The number of benzene rings is 1. The van der Waals surface area contributed by atoms with Crippen molar-refractivity contribution in [2.24, 2.45) is 0 Å². The Bertz CT molecular complexity index is 387. The van der Waals surface area contributed by atoms with Crippen molar-refractivity contribution in [3.63, 3.8) is 0 Å². The Balaban J connectivity index is 2.94. The lowest BCUT2D eigenvalue weighted by Crippen LogP contribution is -1.79. The molecule has 1 N–H and O–H groups in total. The van der Waals surface area contributed by atoms with Crippen LogP contribution in [-0.2, 0) is 0 Å². The van der Waals surface area contributed by atoms with E-state index in [1.54, 1.807) is 6.20 Å². The van der Waals surface area contributed by atoms with Gasteiger partial charge in [-0.2, -0.15) is 0 Å². The molecule has 0 saturated heterocycles. The summed E-state index contributed by atoms with van der Waals surface area (Å²) in [6.07, 6.45) is 3.22. The van der Waals surface area contributed by atoms with E-state index in [0.29, 0.717) is 0 Å². The Hall–Kier alpha value is -0.840. The van der Waals surface area contributed by atoms with Crippen molar-refractivity contribution in [3.05, 3.63) is 34.2 Å². The first-order valence-corrected chi connectivity index (χ1v) is 4.58.